The third-order valence-electron chi connectivity index (χ3n) is 3.54. The summed E-state index contributed by atoms with van der Waals surface area (Å²) in [4.78, 5) is 12.0. The molecule has 3 rings (SSSR count). The molecule has 132 valence electrons. The van der Waals surface area contributed by atoms with Gasteiger partial charge in [0.25, 0.3) is 0 Å². The number of halogens is 1. The highest BCUT2D eigenvalue weighted by Gasteiger charge is 2.13. The first-order valence-electron chi connectivity index (χ1n) is 7.75. The number of hydrogen-bond donors (Lipinski definition) is 1. The zero-order chi connectivity index (χ0) is 17.6. The number of thioether (sulfide) groups is 1. The minimum absolute atomic E-state index is 0.129. The van der Waals surface area contributed by atoms with Crippen LogP contribution in [0.3, 0.4) is 0 Å². The zero-order valence-corrected chi connectivity index (χ0v) is 14.5. The van der Waals surface area contributed by atoms with Crippen molar-refractivity contribution in [1.82, 2.24) is 0 Å². The first-order chi connectivity index (χ1) is 12.2. The van der Waals surface area contributed by atoms with Crippen molar-refractivity contribution in [3.63, 3.8) is 0 Å². The summed E-state index contributed by atoms with van der Waals surface area (Å²) < 4.78 is 29.4. The van der Waals surface area contributed by atoms with Gasteiger partial charge in [0.1, 0.15) is 13.2 Å². The van der Waals surface area contributed by atoms with Crippen molar-refractivity contribution in [2.75, 3.05) is 31.4 Å². The lowest BCUT2D eigenvalue weighted by atomic mass is 10.2. The fourth-order valence-corrected chi connectivity index (χ4v) is 3.15. The second-order valence-electron chi connectivity index (χ2n) is 5.37. The van der Waals surface area contributed by atoms with Gasteiger partial charge in [0.15, 0.2) is 23.1 Å². The van der Waals surface area contributed by atoms with E-state index in [4.69, 9.17) is 14.2 Å². The van der Waals surface area contributed by atoms with Crippen LogP contribution in [-0.2, 0) is 10.5 Å². The molecule has 0 radical (unpaired) electrons. The van der Waals surface area contributed by atoms with Crippen LogP contribution >= 0.6 is 11.8 Å². The Balaban J connectivity index is 1.49. The number of fused-ring (bicyclic) bond motifs is 1. The third-order valence-corrected chi connectivity index (χ3v) is 4.55. The predicted molar refractivity (Wildman–Crippen MR) is 95.2 cm³/mol. The summed E-state index contributed by atoms with van der Waals surface area (Å²) in [5.41, 5.74) is 1.46. The number of benzene rings is 2. The van der Waals surface area contributed by atoms with Crippen molar-refractivity contribution in [3.05, 3.63) is 47.8 Å². The number of methoxy groups -OCH3 is 1. The Morgan fingerprint density at radius 3 is 2.76 bits per heavy atom. The smallest absolute Gasteiger partial charge is 0.234 e. The van der Waals surface area contributed by atoms with Crippen LogP contribution in [0.25, 0.3) is 0 Å². The summed E-state index contributed by atoms with van der Waals surface area (Å²) in [5.74, 6) is 1.80. The monoisotopic (exact) mass is 363 g/mol. The molecule has 2 aromatic rings. The summed E-state index contributed by atoms with van der Waals surface area (Å²) >= 11 is 1.41. The van der Waals surface area contributed by atoms with E-state index in [-0.39, 0.29) is 17.4 Å². The number of anilines is 1. The van der Waals surface area contributed by atoms with E-state index < -0.39 is 5.82 Å². The Labute approximate surface area is 149 Å². The van der Waals surface area contributed by atoms with Gasteiger partial charge < -0.3 is 19.5 Å². The number of carbonyl (C=O) groups excluding carboxylic acids is 1. The van der Waals surface area contributed by atoms with Crippen molar-refractivity contribution in [1.29, 1.82) is 0 Å². The topological polar surface area (TPSA) is 56.8 Å². The number of hydrogen-bond acceptors (Lipinski definition) is 5. The molecule has 0 bridgehead atoms. The highest BCUT2D eigenvalue weighted by molar-refractivity contribution is 7.99. The first-order valence-corrected chi connectivity index (χ1v) is 8.91. The minimum Gasteiger partial charge on any atom is -0.494 e. The van der Waals surface area contributed by atoms with Crippen molar-refractivity contribution in [3.8, 4) is 17.2 Å². The van der Waals surface area contributed by atoms with Crippen molar-refractivity contribution >= 4 is 23.4 Å². The van der Waals surface area contributed by atoms with Crippen molar-refractivity contribution in [2.24, 2.45) is 0 Å². The van der Waals surface area contributed by atoms with Gasteiger partial charge >= 0.3 is 0 Å². The molecule has 0 aromatic heterocycles. The quantitative estimate of drug-likeness (QED) is 0.852. The highest BCUT2D eigenvalue weighted by atomic mass is 32.2. The van der Waals surface area contributed by atoms with Gasteiger partial charge in [-0.3, -0.25) is 4.79 Å². The summed E-state index contributed by atoms with van der Waals surface area (Å²) in [7, 11) is 1.43. The molecule has 0 spiro atoms. The maximum atomic E-state index is 13.6. The zero-order valence-electron chi connectivity index (χ0n) is 13.7. The average Bonchev–Trinajstić information content (AvgIpc) is 2.62. The Bertz CT molecular complexity index is 769. The molecule has 0 aliphatic carbocycles. The van der Waals surface area contributed by atoms with Gasteiger partial charge in [0.05, 0.1) is 12.9 Å². The molecular weight excluding hydrogens is 345 g/mol. The van der Waals surface area contributed by atoms with Gasteiger partial charge in [0.2, 0.25) is 5.91 Å². The lowest BCUT2D eigenvalue weighted by Gasteiger charge is -2.19. The van der Waals surface area contributed by atoms with Gasteiger partial charge in [-0.2, -0.15) is 0 Å². The van der Waals surface area contributed by atoms with E-state index in [1.807, 2.05) is 0 Å². The largest absolute Gasteiger partial charge is 0.494 e. The fourth-order valence-electron chi connectivity index (χ4n) is 2.38. The Hall–Kier alpha value is -2.41. The summed E-state index contributed by atoms with van der Waals surface area (Å²) in [6.07, 6.45) is 0. The van der Waals surface area contributed by atoms with Crippen LogP contribution in [-0.4, -0.2) is 32.0 Å². The van der Waals surface area contributed by atoms with E-state index in [9.17, 15) is 9.18 Å². The molecular formula is C18H18FNO4S. The molecule has 1 N–H and O–H groups in total. The van der Waals surface area contributed by atoms with Crippen LogP contribution in [0.4, 0.5) is 10.1 Å². The molecule has 5 nitrogen and oxygen atoms in total. The third kappa shape index (κ3) is 4.57. The molecule has 2 aromatic carbocycles. The van der Waals surface area contributed by atoms with Crippen LogP contribution in [0.2, 0.25) is 0 Å². The molecule has 0 saturated carbocycles. The number of rotatable bonds is 6. The van der Waals surface area contributed by atoms with Crippen LogP contribution in [0, 0.1) is 5.82 Å². The minimum atomic E-state index is -0.402. The second-order valence-corrected chi connectivity index (χ2v) is 6.35. The summed E-state index contributed by atoms with van der Waals surface area (Å²) in [5, 5.41) is 2.82. The summed E-state index contributed by atoms with van der Waals surface area (Å²) in [6, 6.07) is 10.1. The van der Waals surface area contributed by atoms with E-state index in [0.717, 1.165) is 5.56 Å². The SMILES string of the molecule is COc1ccc(CSCC(=O)Nc2ccc3c(c2)OCCO3)cc1F. The number of amides is 1. The van der Waals surface area contributed by atoms with Crippen LogP contribution in [0.15, 0.2) is 36.4 Å². The fraction of sp³-hybridized carbons (Fsp3) is 0.278. The normalized spacial score (nSPS) is 12.6. The van der Waals surface area contributed by atoms with E-state index in [1.165, 1.54) is 24.9 Å². The lowest BCUT2D eigenvalue weighted by Crippen LogP contribution is -2.17. The summed E-state index contributed by atoms with van der Waals surface area (Å²) in [6.45, 7) is 1.03. The van der Waals surface area contributed by atoms with E-state index in [0.29, 0.717) is 36.2 Å². The van der Waals surface area contributed by atoms with Gasteiger partial charge in [-0.25, -0.2) is 4.39 Å². The van der Waals surface area contributed by atoms with Gasteiger partial charge in [-0.15, -0.1) is 11.8 Å². The molecule has 1 amide bonds. The Morgan fingerprint density at radius 2 is 2.00 bits per heavy atom. The van der Waals surface area contributed by atoms with E-state index >= 15 is 0 Å². The van der Waals surface area contributed by atoms with E-state index in [2.05, 4.69) is 5.32 Å². The molecule has 25 heavy (non-hydrogen) atoms. The van der Waals surface area contributed by atoms with E-state index in [1.54, 1.807) is 30.3 Å². The average molecular weight is 363 g/mol. The molecule has 0 unspecified atom stereocenters. The van der Waals surface area contributed by atoms with Crippen LogP contribution < -0.4 is 19.5 Å². The maximum Gasteiger partial charge on any atom is 0.234 e. The van der Waals surface area contributed by atoms with Gasteiger partial charge in [0, 0.05) is 17.5 Å². The highest BCUT2D eigenvalue weighted by Crippen LogP contribution is 2.32. The van der Waals surface area contributed by atoms with Crippen molar-refractivity contribution in [2.45, 2.75) is 5.75 Å². The second kappa shape index (κ2) is 8.11. The van der Waals surface area contributed by atoms with Gasteiger partial charge in [-0.1, -0.05) is 6.07 Å². The molecule has 1 aliphatic heterocycles. The molecule has 7 heteroatoms. The number of nitrogens with one attached hydrogen (secondary N) is 1. The van der Waals surface area contributed by atoms with Crippen LogP contribution in [0.5, 0.6) is 17.2 Å². The predicted octanol–water partition coefficient (Wildman–Crippen LogP) is 3.48. The number of carbonyl (C=O) groups is 1. The Morgan fingerprint density at radius 1 is 1.20 bits per heavy atom. The molecule has 1 heterocycles. The standard InChI is InChI=1S/C18H18FNO4S/c1-22-15-4-2-12(8-14(15)19)10-25-11-18(21)20-13-3-5-16-17(9-13)24-7-6-23-16/h2-5,8-9H,6-7,10-11H2,1H3,(H,20,21). The molecule has 0 atom stereocenters. The lowest BCUT2D eigenvalue weighted by molar-refractivity contribution is -0.113. The van der Waals surface area contributed by atoms with Crippen molar-refractivity contribution < 1.29 is 23.4 Å². The molecule has 0 saturated heterocycles. The van der Waals surface area contributed by atoms with Gasteiger partial charge in [-0.05, 0) is 29.8 Å². The van der Waals surface area contributed by atoms with Crippen LogP contribution in [0.1, 0.15) is 5.56 Å². The molecule has 0 fully saturated rings. The maximum absolute atomic E-state index is 13.6. The molecule has 1 aliphatic rings. The Kier molecular flexibility index (Phi) is 5.65. The number of ether oxygens (including phenoxy) is 3. The first kappa shape index (κ1) is 17.4.